The second-order valence-corrected chi connectivity index (χ2v) is 4.30. The summed E-state index contributed by atoms with van der Waals surface area (Å²) < 4.78 is 1.52. The summed E-state index contributed by atoms with van der Waals surface area (Å²) in [6.07, 6.45) is 3.71. The molecule has 3 rings (SSSR count). The quantitative estimate of drug-likeness (QED) is 0.637. The molecule has 1 N–H and O–H groups in total. The third-order valence-electron chi connectivity index (χ3n) is 3.04. The van der Waals surface area contributed by atoms with Crippen LogP contribution in [0.25, 0.3) is 17.0 Å². The molecule has 0 spiro atoms. The number of carboxylic acid groups (broad SMARTS) is 1. The molecule has 0 aliphatic heterocycles. The van der Waals surface area contributed by atoms with Gasteiger partial charge in [-0.15, -0.1) is 0 Å². The van der Waals surface area contributed by atoms with Gasteiger partial charge in [-0.1, -0.05) is 13.0 Å². The molecule has 0 fully saturated rings. The van der Waals surface area contributed by atoms with Gasteiger partial charge in [0.1, 0.15) is 5.56 Å². The Hall–Kier alpha value is -1.76. The molecule has 6 nitrogen and oxygen atoms in total. The number of aryl methyl sites for hydroxylation is 1. The molecule has 0 aliphatic carbocycles. The average molecular weight is 292 g/mol. The third kappa shape index (κ3) is 2.83. The van der Waals surface area contributed by atoms with Crippen molar-refractivity contribution < 1.29 is 40.9 Å². The van der Waals surface area contributed by atoms with Crippen LogP contribution in [-0.4, -0.2) is 30.7 Å². The SMILES string of the molecule is CCc1cc(-c2ccccn2)n2ncc(C(=O)O)c2n1.[H-].[Na+]. The minimum Gasteiger partial charge on any atom is -1.00 e. The number of nitrogens with zero attached hydrogens (tertiary/aromatic N) is 4. The van der Waals surface area contributed by atoms with Gasteiger partial charge in [0.25, 0.3) is 0 Å². The second kappa shape index (κ2) is 6.34. The van der Waals surface area contributed by atoms with Crippen LogP contribution in [0.4, 0.5) is 0 Å². The Morgan fingerprint density at radius 1 is 1.43 bits per heavy atom. The fourth-order valence-electron chi connectivity index (χ4n) is 2.04. The van der Waals surface area contributed by atoms with Gasteiger partial charge in [-0.05, 0) is 24.6 Å². The van der Waals surface area contributed by atoms with Crippen molar-refractivity contribution in [2.45, 2.75) is 13.3 Å². The number of aromatic nitrogens is 4. The normalized spacial score (nSPS) is 10.3. The zero-order valence-corrected chi connectivity index (χ0v) is 13.8. The van der Waals surface area contributed by atoms with Crippen LogP contribution in [-0.2, 0) is 6.42 Å². The van der Waals surface area contributed by atoms with Crippen LogP contribution in [0.2, 0.25) is 0 Å². The van der Waals surface area contributed by atoms with E-state index in [0.29, 0.717) is 12.1 Å². The fourth-order valence-corrected chi connectivity index (χ4v) is 2.04. The van der Waals surface area contributed by atoms with Crippen molar-refractivity contribution in [3.8, 4) is 11.4 Å². The maximum atomic E-state index is 11.2. The Labute approximate surface area is 144 Å². The van der Waals surface area contributed by atoms with E-state index in [1.807, 2.05) is 31.2 Å². The van der Waals surface area contributed by atoms with Crippen LogP contribution in [0.3, 0.4) is 0 Å². The summed E-state index contributed by atoms with van der Waals surface area (Å²) in [5.74, 6) is -1.03. The van der Waals surface area contributed by atoms with E-state index in [-0.39, 0.29) is 36.5 Å². The molecule has 102 valence electrons. The molecular formula is C14H13N4NaO2. The van der Waals surface area contributed by atoms with Crippen LogP contribution in [0.15, 0.2) is 36.7 Å². The minimum atomic E-state index is -1.03. The van der Waals surface area contributed by atoms with Gasteiger partial charge in [0, 0.05) is 11.9 Å². The van der Waals surface area contributed by atoms with Gasteiger partial charge < -0.3 is 6.53 Å². The molecule has 0 aliphatic rings. The molecule has 0 bridgehead atoms. The largest absolute Gasteiger partial charge is 1.00 e. The monoisotopic (exact) mass is 292 g/mol. The molecule has 0 atom stereocenters. The van der Waals surface area contributed by atoms with Crippen molar-refractivity contribution in [3.05, 3.63) is 47.9 Å². The smallest absolute Gasteiger partial charge is 1.00 e. The summed E-state index contributed by atoms with van der Waals surface area (Å²) in [7, 11) is 0. The summed E-state index contributed by atoms with van der Waals surface area (Å²) in [6.45, 7) is 1.97. The summed E-state index contributed by atoms with van der Waals surface area (Å²) in [5.41, 5.74) is 2.71. The Morgan fingerprint density at radius 2 is 2.24 bits per heavy atom. The molecule has 0 saturated carbocycles. The molecule has 0 amide bonds. The Morgan fingerprint density at radius 3 is 2.86 bits per heavy atom. The summed E-state index contributed by atoms with van der Waals surface area (Å²) >= 11 is 0. The van der Waals surface area contributed by atoms with Gasteiger partial charge in [0.2, 0.25) is 0 Å². The first kappa shape index (κ1) is 15.6. The molecule has 0 saturated heterocycles. The number of pyridine rings is 1. The van der Waals surface area contributed by atoms with E-state index in [1.54, 1.807) is 6.20 Å². The predicted octanol–water partition coefficient (Wildman–Crippen LogP) is -0.832. The third-order valence-corrected chi connectivity index (χ3v) is 3.04. The minimum absolute atomic E-state index is 0. The van der Waals surface area contributed by atoms with Crippen molar-refractivity contribution in [2.75, 3.05) is 0 Å². The molecule has 0 aromatic carbocycles. The Bertz CT molecular complexity index is 792. The molecule has 7 heteroatoms. The molecule has 0 radical (unpaired) electrons. The molecule has 3 aromatic rings. The number of aromatic carboxylic acids is 1. The molecule has 3 aromatic heterocycles. The fraction of sp³-hybridized carbons (Fsp3) is 0.143. The zero-order valence-electron chi connectivity index (χ0n) is 12.8. The number of carboxylic acids is 1. The Balaban J connectivity index is 0.00000121. The topological polar surface area (TPSA) is 80.4 Å². The van der Waals surface area contributed by atoms with Gasteiger partial charge >= 0.3 is 35.5 Å². The maximum absolute atomic E-state index is 11.2. The average Bonchev–Trinajstić information content (AvgIpc) is 2.91. The summed E-state index contributed by atoms with van der Waals surface area (Å²) in [6, 6.07) is 7.44. The molecule has 0 unspecified atom stereocenters. The molecule has 3 heterocycles. The number of rotatable bonds is 3. The van der Waals surface area contributed by atoms with Gasteiger partial charge in [-0.3, -0.25) is 4.98 Å². The van der Waals surface area contributed by atoms with Gasteiger partial charge in [-0.2, -0.15) is 5.10 Å². The summed E-state index contributed by atoms with van der Waals surface area (Å²) in [5, 5.41) is 13.3. The van der Waals surface area contributed by atoms with Crippen molar-refractivity contribution >= 4 is 11.6 Å². The van der Waals surface area contributed by atoms with E-state index in [2.05, 4.69) is 15.1 Å². The molecule has 21 heavy (non-hydrogen) atoms. The van der Waals surface area contributed by atoms with E-state index in [1.165, 1.54) is 10.7 Å². The van der Waals surface area contributed by atoms with E-state index in [9.17, 15) is 9.90 Å². The van der Waals surface area contributed by atoms with E-state index < -0.39 is 5.97 Å². The predicted molar refractivity (Wildman–Crippen MR) is 73.7 cm³/mol. The van der Waals surface area contributed by atoms with Crippen LogP contribution < -0.4 is 29.6 Å². The molecular weight excluding hydrogens is 279 g/mol. The van der Waals surface area contributed by atoms with Gasteiger partial charge in [-0.25, -0.2) is 14.3 Å². The summed E-state index contributed by atoms with van der Waals surface area (Å²) in [4.78, 5) is 19.9. The number of hydrogen-bond donors (Lipinski definition) is 1. The van der Waals surface area contributed by atoms with Crippen LogP contribution in [0.5, 0.6) is 0 Å². The van der Waals surface area contributed by atoms with Crippen molar-refractivity contribution in [3.63, 3.8) is 0 Å². The number of fused-ring (bicyclic) bond motifs is 1. The first-order chi connectivity index (χ1) is 9.70. The standard InChI is InChI=1S/C14H12N4O2.Na.H/c1-2-9-7-12(11-5-3-4-6-15-11)18-13(17-9)10(8-16-18)14(19)20;;/h3-8H,2H2,1H3,(H,19,20);;/q;+1;-1. The van der Waals surface area contributed by atoms with E-state index >= 15 is 0 Å². The van der Waals surface area contributed by atoms with Crippen LogP contribution >= 0.6 is 0 Å². The van der Waals surface area contributed by atoms with E-state index in [4.69, 9.17) is 0 Å². The van der Waals surface area contributed by atoms with E-state index in [0.717, 1.165) is 17.1 Å². The van der Waals surface area contributed by atoms with Crippen LogP contribution in [0.1, 0.15) is 24.4 Å². The van der Waals surface area contributed by atoms with Crippen molar-refractivity contribution in [1.82, 2.24) is 19.6 Å². The number of hydrogen-bond acceptors (Lipinski definition) is 4. The number of carbonyl (C=O) groups is 1. The first-order valence-corrected chi connectivity index (χ1v) is 6.23. The van der Waals surface area contributed by atoms with Gasteiger partial charge in [0.15, 0.2) is 5.65 Å². The van der Waals surface area contributed by atoms with Crippen molar-refractivity contribution in [1.29, 1.82) is 0 Å². The van der Waals surface area contributed by atoms with Crippen molar-refractivity contribution in [2.24, 2.45) is 0 Å². The Kier molecular flexibility index (Phi) is 4.72. The first-order valence-electron chi connectivity index (χ1n) is 6.23. The van der Waals surface area contributed by atoms with Crippen LogP contribution in [0, 0.1) is 0 Å². The zero-order chi connectivity index (χ0) is 14.1. The van der Waals surface area contributed by atoms with Gasteiger partial charge in [0.05, 0.1) is 17.6 Å². The second-order valence-electron chi connectivity index (χ2n) is 4.30. The maximum Gasteiger partial charge on any atom is 1.00 e.